The molecule has 0 amide bonds. The van der Waals surface area contributed by atoms with Gasteiger partial charge in [-0.05, 0) is 22.4 Å². The van der Waals surface area contributed by atoms with E-state index in [9.17, 15) is 18.5 Å². The van der Waals surface area contributed by atoms with Gasteiger partial charge in [-0.3, -0.25) is 10.1 Å². The molecular formula is C10H10N2O4S3. The Bertz CT molecular complexity index is 688. The van der Waals surface area contributed by atoms with Crippen molar-refractivity contribution in [1.82, 2.24) is 0 Å². The van der Waals surface area contributed by atoms with E-state index in [1.165, 1.54) is 11.3 Å². The Kier molecular flexibility index (Phi) is 3.88. The molecule has 0 aliphatic heterocycles. The van der Waals surface area contributed by atoms with Crippen LogP contribution >= 0.6 is 22.7 Å². The van der Waals surface area contributed by atoms with Crippen LogP contribution in [-0.4, -0.2) is 19.6 Å². The third-order valence-corrected chi connectivity index (χ3v) is 5.90. The molecule has 0 saturated carbocycles. The molecule has 0 radical (unpaired) electrons. The van der Waals surface area contributed by atoms with Gasteiger partial charge in [-0.2, -0.15) is 11.3 Å². The van der Waals surface area contributed by atoms with Gasteiger partial charge in [-0.15, -0.1) is 0 Å². The molecule has 2 rings (SSSR count). The zero-order chi connectivity index (χ0) is 14.0. The molecule has 19 heavy (non-hydrogen) atoms. The predicted octanol–water partition coefficient (Wildman–Crippen LogP) is 2.73. The van der Waals surface area contributed by atoms with Crippen LogP contribution in [0, 0.1) is 10.1 Å². The summed E-state index contributed by atoms with van der Waals surface area (Å²) in [6.07, 6.45) is 1.03. The number of hydrogen-bond donors (Lipinski definition) is 1. The summed E-state index contributed by atoms with van der Waals surface area (Å²) in [5.74, 6) is 0. The van der Waals surface area contributed by atoms with Crippen LogP contribution in [0.3, 0.4) is 0 Å². The van der Waals surface area contributed by atoms with Gasteiger partial charge < -0.3 is 5.32 Å². The van der Waals surface area contributed by atoms with Gasteiger partial charge in [-0.25, -0.2) is 8.42 Å². The Labute approximate surface area is 117 Å². The second-order valence-electron chi connectivity index (χ2n) is 3.79. The smallest absolute Gasteiger partial charge is 0.304 e. The summed E-state index contributed by atoms with van der Waals surface area (Å²) in [6.45, 7) is 0.425. The topological polar surface area (TPSA) is 89.3 Å². The Morgan fingerprint density at radius 2 is 2.21 bits per heavy atom. The Morgan fingerprint density at radius 3 is 2.74 bits per heavy atom. The molecule has 102 valence electrons. The van der Waals surface area contributed by atoms with E-state index in [1.807, 2.05) is 16.8 Å². The molecule has 0 aliphatic rings. The molecule has 2 aromatic rings. The van der Waals surface area contributed by atoms with Crippen LogP contribution in [0.5, 0.6) is 0 Å². The summed E-state index contributed by atoms with van der Waals surface area (Å²) in [6, 6.07) is 2.99. The highest BCUT2D eigenvalue weighted by atomic mass is 32.2. The largest absolute Gasteiger partial charge is 0.367 e. The average molecular weight is 318 g/mol. The summed E-state index contributed by atoms with van der Waals surface area (Å²) >= 11 is 2.41. The van der Waals surface area contributed by atoms with Gasteiger partial charge >= 0.3 is 5.69 Å². The first kappa shape index (κ1) is 14.0. The molecule has 0 atom stereocenters. The Hall–Kier alpha value is -1.45. The van der Waals surface area contributed by atoms with E-state index in [1.54, 1.807) is 0 Å². The molecule has 0 aliphatic carbocycles. The van der Waals surface area contributed by atoms with E-state index in [0.29, 0.717) is 6.54 Å². The van der Waals surface area contributed by atoms with Crippen LogP contribution in [0.1, 0.15) is 5.56 Å². The first-order chi connectivity index (χ1) is 8.88. The predicted molar refractivity (Wildman–Crippen MR) is 75.7 cm³/mol. The van der Waals surface area contributed by atoms with Crippen molar-refractivity contribution < 1.29 is 13.3 Å². The first-order valence-electron chi connectivity index (χ1n) is 5.11. The third kappa shape index (κ3) is 3.31. The van der Waals surface area contributed by atoms with Crippen LogP contribution in [0.15, 0.2) is 27.1 Å². The number of nitrogens with zero attached hydrogens (tertiary/aromatic N) is 1. The summed E-state index contributed by atoms with van der Waals surface area (Å²) < 4.78 is 22.8. The van der Waals surface area contributed by atoms with Crippen LogP contribution in [0.2, 0.25) is 0 Å². The normalized spacial score (nSPS) is 11.4. The molecule has 9 heteroatoms. The number of nitrogens with one attached hydrogen (secondary N) is 1. The fourth-order valence-electron chi connectivity index (χ4n) is 1.38. The van der Waals surface area contributed by atoms with Crippen LogP contribution in [0.4, 0.5) is 10.7 Å². The number of anilines is 1. The van der Waals surface area contributed by atoms with E-state index < -0.39 is 14.8 Å². The van der Waals surface area contributed by atoms with Gasteiger partial charge in [0, 0.05) is 18.9 Å². The lowest BCUT2D eigenvalue weighted by Crippen LogP contribution is -1.98. The minimum absolute atomic E-state index is 0.00739. The molecule has 0 aromatic carbocycles. The molecule has 0 unspecified atom stereocenters. The molecule has 0 bridgehead atoms. The van der Waals surface area contributed by atoms with Gasteiger partial charge in [-0.1, -0.05) is 11.3 Å². The summed E-state index contributed by atoms with van der Waals surface area (Å²) in [5.41, 5.74) is 0.786. The lowest BCUT2D eigenvalue weighted by atomic mass is 10.3. The van der Waals surface area contributed by atoms with Crippen molar-refractivity contribution in [2.45, 2.75) is 10.8 Å². The molecule has 0 spiro atoms. The lowest BCUT2D eigenvalue weighted by Gasteiger charge is -2.00. The maximum atomic E-state index is 11.4. The van der Waals surface area contributed by atoms with Gasteiger partial charge in [0.05, 0.1) is 4.92 Å². The Balaban J connectivity index is 2.28. The molecule has 6 nitrogen and oxygen atoms in total. The van der Waals surface area contributed by atoms with Crippen LogP contribution in [0.25, 0.3) is 0 Å². The quantitative estimate of drug-likeness (QED) is 0.676. The number of rotatable bonds is 5. The number of nitro groups is 1. The van der Waals surface area contributed by atoms with Gasteiger partial charge in [0.25, 0.3) is 0 Å². The highest BCUT2D eigenvalue weighted by molar-refractivity contribution is 7.92. The zero-order valence-electron chi connectivity index (χ0n) is 9.82. The standard InChI is InChI=1S/C10H10N2O4S3/c1-19(15,16)9-4-8(12(13)14)10(18-9)11-5-7-2-3-17-6-7/h2-4,6,11H,5H2,1H3. The molecule has 0 saturated heterocycles. The number of thiophene rings is 2. The monoisotopic (exact) mass is 318 g/mol. The van der Waals surface area contributed by atoms with Crippen molar-refractivity contribution in [2.75, 3.05) is 11.6 Å². The second kappa shape index (κ2) is 5.27. The molecular weight excluding hydrogens is 308 g/mol. The molecule has 1 N–H and O–H groups in total. The molecule has 2 heterocycles. The molecule has 0 fully saturated rings. The Morgan fingerprint density at radius 1 is 1.47 bits per heavy atom. The summed E-state index contributed by atoms with van der Waals surface area (Å²) in [5, 5.41) is 17.9. The second-order valence-corrected chi connectivity index (χ2v) is 7.87. The van der Waals surface area contributed by atoms with Gasteiger partial charge in [0.15, 0.2) is 14.8 Å². The minimum Gasteiger partial charge on any atom is -0.367 e. The van der Waals surface area contributed by atoms with Crippen LogP contribution < -0.4 is 5.32 Å². The maximum absolute atomic E-state index is 11.4. The lowest BCUT2D eigenvalue weighted by molar-refractivity contribution is -0.383. The van der Waals surface area contributed by atoms with E-state index in [4.69, 9.17) is 0 Å². The number of hydrogen-bond acceptors (Lipinski definition) is 7. The average Bonchev–Trinajstić information content (AvgIpc) is 2.94. The highest BCUT2D eigenvalue weighted by Gasteiger charge is 2.23. The van der Waals surface area contributed by atoms with E-state index in [-0.39, 0.29) is 14.9 Å². The van der Waals surface area contributed by atoms with Crippen molar-refractivity contribution in [3.8, 4) is 0 Å². The van der Waals surface area contributed by atoms with E-state index >= 15 is 0 Å². The van der Waals surface area contributed by atoms with Crippen LogP contribution in [-0.2, 0) is 16.4 Å². The fourth-order valence-corrected chi connectivity index (χ4v) is 3.98. The first-order valence-corrected chi connectivity index (χ1v) is 8.76. The summed E-state index contributed by atoms with van der Waals surface area (Å²) in [4.78, 5) is 10.3. The number of sulfone groups is 1. The SMILES string of the molecule is CS(=O)(=O)c1cc([N+](=O)[O-])c(NCc2ccsc2)s1. The van der Waals surface area contributed by atoms with E-state index in [2.05, 4.69) is 5.32 Å². The fraction of sp³-hybridized carbons (Fsp3) is 0.200. The van der Waals surface area contributed by atoms with E-state index in [0.717, 1.165) is 29.2 Å². The minimum atomic E-state index is -3.43. The zero-order valence-corrected chi connectivity index (χ0v) is 12.3. The van der Waals surface area contributed by atoms with Crippen molar-refractivity contribution >= 4 is 43.2 Å². The summed E-state index contributed by atoms with van der Waals surface area (Å²) in [7, 11) is -3.43. The van der Waals surface area contributed by atoms with Gasteiger partial charge in [0.2, 0.25) is 0 Å². The van der Waals surface area contributed by atoms with Crippen molar-refractivity contribution in [3.05, 3.63) is 38.6 Å². The maximum Gasteiger partial charge on any atom is 0.304 e. The van der Waals surface area contributed by atoms with Crippen molar-refractivity contribution in [1.29, 1.82) is 0 Å². The highest BCUT2D eigenvalue weighted by Crippen LogP contribution is 2.37. The van der Waals surface area contributed by atoms with Crippen molar-refractivity contribution in [2.24, 2.45) is 0 Å². The van der Waals surface area contributed by atoms with Gasteiger partial charge in [0.1, 0.15) is 4.21 Å². The van der Waals surface area contributed by atoms with Crippen molar-refractivity contribution in [3.63, 3.8) is 0 Å². The third-order valence-electron chi connectivity index (χ3n) is 2.29. The molecule has 2 aromatic heterocycles.